The van der Waals surface area contributed by atoms with Gasteiger partial charge >= 0.3 is 11.9 Å². The molecule has 1 fully saturated rings. The van der Waals surface area contributed by atoms with Crippen molar-refractivity contribution < 1.29 is 32.7 Å². The predicted molar refractivity (Wildman–Crippen MR) is 161 cm³/mol. The minimum Gasteiger partial charge on any atom is -0.464 e. The molecule has 0 radical (unpaired) electrons. The van der Waals surface area contributed by atoms with Gasteiger partial charge in [-0.15, -0.1) is 0 Å². The van der Waals surface area contributed by atoms with E-state index in [4.69, 9.17) is 15.2 Å². The zero-order chi connectivity index (χ0) is 30.8. The van der Waals surface area contributed by atoms with E-state index < -0.39 is 34.0 Å². The number of hydrogen-bond donors (Lipinski definition) is 2. The van der Waals surface area contributed by atoms with Crippen molar-refractivity contribution in [1.82, 2.24) is 4.47 Å². The summed E-state index contributed by atoms with van der Waals surface area (Å²) in [7, 11) is -4.37. The number of carbonyl (C=O) groups excluding carboxylic acids is 2. The van der Waals surface area contributed by atoms with E-state index in [1.165, 1.54) is 12.1 Å². The van der Waals surface area contributed by atoms with E-state index in [1.807, 2.05) is 43.3 Å². The third-order valence-corrected chi connectivity index (χ3v) is 9.48. The summed E-state index contributed by atoms with van der Waals surface area (Å²) in [5, 5.41) is 10.9. The minimum absolute atomic E-state index is 0.0498. The zero-order valence-corrected chi connectivity index (χ0v) is 25.2. The molecule has 1 aliphatic rings. The largest absolute Gasteiger partial charge is 0.464 e. The maximum Gasteiger partial charge on any atom is 0.327 e. The number of hydrogen-bond acceptors (Lipinski definition) is 8. The molecule has 3 aromatic rings. The number of rotatable bonds is 13. The lowest BCUT2D eigenvalue weighted by Gasteiger charge is -2.29. The number of sulfonamides is 1. The monoisotopic (exact) mass is 608 g/mol. The van der Waals surface area contributed by atoms with Crippen LogP contribution in [0.5, 0.6) is 0 Å². The first kappa shape index (κ1) is 32.3. The Morgan fingerprint density at radius 3 is 1.77 bits per heavy atom. The van der Waals surface area contributed by atoms with E-state index in [0.29, 0.717) is 18.6 Å². The molecule has 0 heterocycles. The van der Waals surface area contributed by atoms with Crippen LogP contribution in [0.15, 0.2) is 89.8 Å². The highest BCUT2D eigenvalue weighted by Crippen LogP contribution is 2.30. The van der Waals surface area contributed by atoms with Crippen LogP contribution in [-0.4, -0.2) is 55.3 Å². The van der Waals surface area contributed by atoms with Crippen LogP contribution in [0.2, 0.25) is 0 Å². The van der Waals surface area contributed by atoms with Crippen LogP contribution in [0.25, 0.3) is 0 Å². The first-order chi connectivity index (χ1) is 20.6. The summed E-state index contributed by atoms with van der Waals surface area (Å²) < 4.78 is 37.6. The van der Waals surface area contributed by atoms with E-state index in [1.54, 1.807) is 36.4 Å². The molecule has 10 heteroatoms. The van der Waals surface area contributed by atoms with Gasteiger partial charge in [-0.1, -0.05) is 82.8 Å². The van der Waals surface area contributed by atoms with Gasteiger partial charge in [0.05, 0.1) is 18.1 Å². The first-order valence-electron chi connectivity index (χ1n) is 14.6. The first-order valence-corrected chi connectivity index (χ1v) is 16.0. The van der Waals surface area contributed by atoms with Crippen LogP contribution < -0.4 is 5.73 Å². The molecule has 3 N–H and O–H groups in total. The van der Waals surface area contributed by atoms with Crippen LogP contribution in [0, 0.1) is 18.8 Å². The fourth-order valence-electron chi connectivity index (χ4n) is 5.19. The molecule has 0 aromatic heterocycles. The highest BCUT2D eigenvalue weighted by molar-refractivity contribution is 7.89. The fourth-order valence-corrected chi connectivity index (χ4v) is 6.39. The van der Waals surface area contributed by atoms with E-state index in [0.717, 1.165) is 36.8 Å². The van der Waals surface area contributed by atoms with Gasteiger partial charge in [0.15, 0.2) is 6.04 Å². The predicted octanol–water partition coefficient (Wildman–Crippen LogP) is 4.45. The number of nitrogens with zero attached hydrogens (tertiary/aromatic N) is 1. The standard InChI is InChI=1S/C33H40N2O7S/c1-24-12-18-29(19-13-24)43(39,40)35(38)31(21-26-10-6-3-7-11-26)33(37)42-23-28-16-14-27(15-17-28)22-41-32(36)30(34)20-25-8-4-2-5-9-25/h2-13,18-19,27-28,30-31,38H,14-17,20-23,34H2,1H3. The lowest BCUT2D eigenvalue weighted by molar-refractivity contribution is -0.160. The summed E-state index contributed by atoms with van der Waals surface area (Å²) in [5.74, 6) is -0.961. The summed E-state index contributed by atoms with van der Waals surface area (Å²) in [4.78, 5) is 25.5. The Morgan fingerprint density at radius 2 is 1.26 bits per heavy atom. The van der Waals surface area contributed by atoms with Crippen molar-refractivity contribution in [3.8, 4) is 0 Å². The highest BCUT2D eigenvalue weighted by atomic mass is 32.2. The van der Waals surface area contributed by atoms with Crippen LogP contribution in [0.1, 0.15) is 42.4 Å². The van der Waals surface area contributed by atoms with Crippen molar-refractivity contribution in [2.24, 2.45) is 17.6 Å². The Labute approximate surface area is 253 Å². The van der Waals surface area contributed by atoms with E-state index in [-0.39, 0.29) is 34.2 Å². The van der Waals surface area contributed by atoms with Crippen molar-refractivity contribution >= 4 is 22.0 Å². The quantitative estimate of drug-likeness (QED) is 0.215. The molecule has 0 saturated heterocycles. The average Bonchev–Trinajstić information content (AvgIpc) is 3.02. The molecule has 9 nitrogen and oxygen atoms in total. The molecule has 0 aliphatic heterocycles. The van der Waals surface area contributed by atoms with E-state index in [9.17, 15) is 23.2 Å². The van der Waals surface area contributed by atoms with Gasteiger partial charge in [0.2, 0.25) is 0 Å². The van der Waals surface area contributed by atoms with Gasteiger partial charge in [0.1, 0.15) is 6.04 Å². The Bertz CT molecular complexity index is 1430. The number of carbonyl (C=O) groups is 2. The molecule has 1 aliphatic carbocycles. The van der Waals surface area contributed by atoms with Crippen LogP contribution >= 0.6 is 0 Å². The number of nitrogens with two attached hydrogens (primary N) is 1. The minimum atomic E-state index is -4.37. The SMILES string of the molecule is Cc1ccc(S(=O)(=O)N(O)C(Cc2ccccc2)C(=O)OCC2CCC(COC(=O)C(N)Cc3ccccc3)CC2)cc1. The van der Waals surface area contributed by atoms with Crippen LogP contribution in [0.4, 0.5) is 0 Å². The van der Waals surface area contributed by atoms with Gasteiger partial charge in [-0.3, -0.25) is 14.8 Å². The van der Waals surface area contributed by atoms with Gasteiger partial charge in [-0.2, -0.15) is 0 Å². The number of aryl methyl sites for hydroxylation is 1. The topological polar surface area (TPSA) is 136 Å². The molecule has 0 bridgehead atoms. The number of hydroxylamine groups is 1. The molecule has 1 saturated carbocycles. The number of ether oxygens (including phenoxy) is 2. The van der Waals surface area contributed by atoms with Crippen LogP contribution in [-0.2, 0) is 41.9 Å². The van der Waals surface area contributed by atoms with Gasteiger partial charge in [0.25, 0.3) is 10.0 Å². The van der Waals surface area contributed by atoms with Crippen molar-refractivity contribution in [3.05, 3.63) is 102 Å². The maximum absolute atomic E-state index is 13.2. The van der Waals surface area contributed by atoms with Gasteiger partial charge in [0, 0.05) is 6.42 Å². The molecular weight excluding hydrogens is 568 g/mol. The lowest BCUT2D eigenvalue weighted by atomic mass is 9.83. The van der Waals surface area contributed by atoms with E-state index >= 15 is 0 Å². The maximum atomic E-state index is 13.2. The Hall–Kier alpha value is -3.57. The highest BCUT2D eigenvalue weighted by Gasteiger charge is 2.37. The van der Waals surface area contributed by atoms with Crippen molar-refractivity contribution in [3.63, 3.8) is 0 Å². The molecule has 2 unspecified atom stereocenters. The van der Waals surface area contributed by atoms with Gasteiger partial charge in [-0.25, -0.2) is 8.42 Å². The molecule has 230 valence electrons. The summed E-state index contributed by atoms with van der Waals surface area (Å²) in [5.41, 5.74) is 8.56. The molecule has 0 amide bonds. The Morgan fingerprint density at radius 1 is 0.791 bits per heavy atom. The number of benzene rings is 3. The Balaban J connectivity index is 1.28. The molecular formula is C33H40N2O7S. The van der Waals surface area contributed by atoms with E-state index in [2.05, 4.69) is 0 Å². The van der Waals surface area contributed by atoms with Crippen molar-refractivity contribution in [1.29, 1.82) is 0 Å². The molecule has 2 atom stereocenters. The molecule has 43 heavy (non-hydrogen) atoms. The fraction of sp³-hybridized carbons (Fsp3) is 0.394. The van der Waals surface area contributed by atoms with Crippen molar-refractivity contribution in [2.75, 3.05) is 13.2 Å². The third kappa shape index (κ3) is 9.21. The smallest absolute Gasteiger partial charge is 0.327 e. The van der Waals surface area contributed by atoms with Crippen molar-refractivity contribution in [2.45, 2.75) is 62.4 Å². The molecule has 4 rings (SSSR count). The summed E-state index contributed by atoms with van der Waals surface area (Å²) in [6.45, 7) is 2.23. The summed E-state index contributed by atoms with van der Waals surface area (Å²) >= 11 is 0. The average molecular weight is 609 g/mol. The van der Waals surface area contributed by atoms with Crippen LogP contribution in [0.3, 0.4) is 0 Å². The lowest BCUT2D eigenvalue weighted by Crippen LogP contribution is -2.45. The van der Waals surface area contributed by atoms with Gasteiger partial charge < -0.3 is 15.2 Å². The third-order valence-electron chi connectivity index (χ3n) is 7.87. The van der Waals surface area contributed by atoms with Gasteiger partial charge in [-0.05, 0) is 74.1 Å². The second-order valence-electron chi connectivity index (χ2n) is 11.2. The molecule has 3 aromatic carbocycles. The number of esters is 2. The zero-order valence-electron chi connectivity index (χ0n) is 24.4. The second kappa shape index (κ2) is 15.2. The molecule has 0 spiro atoms. The Kier molecular flexibility index (Phi) is 11.5. The normalized spacial score (nSPS) is 18.5. The second-order valence-corrected chi connectivity index (χ2v) is 13.0. The summed E-state index contributed by atoms with van der Waals surface area (Å²) in [6.07, 6.45) is 3.49. The summed E-state index contributed by atoms with van der Waals surface area (Å²) in [6, 6.07) is 22.3.